The molecular weight excluding hydrogens is 262 g/mol. The molecular formula is C17H17N3O. The lowest BCUT2D eigenvalue weighted by molar-refractivity contribution is 0.106. The zero-order valence-electron chi connectivity index (χ0n) is 11.8. The molecule has 1 heterocycles. The number of rotatable bonds is 1. The standard InChI is InChI=1S/C17H17N3O/c18-16-12-4-1-3-11-14(20-9-2-7-19-8-10-20)6-5-13(15(11)12)17(16)21/h1,3-6,18-19H,2,7-10H2. The van der Waals surface area contributed by atoms with E-state index in [4.69, 9.17) is 5.41 Å². The van der Waals surface area contributed by atoms with Crippen LogP contribution in [0.2, 0.25) is 0 Å². The number of Topliss-reactive ketones (excluding diaryl/α,β-unsaturated/α-hetero) is 1. The van der Waals surface area contributed by atoms with Crippen molar-refractivity contribution < 1.29 is 4.79 Å². The van der Waals surface area contributed by atoms with E-state index in [-0.39, 0.29) is 11.5 Å². The molecule has 0 aromatic heterocycles. The smallest absolute Gasteiger partial charge is 0.211 e. The highest BCUT2D eigenvalue weighted by atomic mass is 16.1. The van der Waals surface area contributed by atoms with Crippen molar-refractivity contribution in [3.05, 3.63) is 41.5 Å². The van der Waals surface area contributed by atoms with Crippen molar-refractivity contribution in [2.45, 2.75) is 6.42 Å². The van der Waals surface area contributed by atoms with Gasteiger partial charge in [-0.25, -0.2) is 0 Å². The molecule has 0 spiro atoms. The van der Waals surface area contributed by atoms with Crippen LogP contribution in [-0.2, 0) is 0 Å². The predicted molar refractivity (Wildman–Crippen MR) is 84.8 cm³/mol. The second kappa shape index (κ2) is 4.67. The van der Waals surface area contributed by atoms with Gasteiger partial charge in [0.15, 0.2) is 0 Å². The van der Waals surface area contributed by atoms with Gasteiger partial charge in [-0.2, -0.15) is 0 Å². The first kappa shape index (κ1) is 12.5. The van der Waals surface area contributed by atoms with Crippen molar-refractivity contribution in [2.75, 3.05) is 31.1 Å². The number of nitrogens with zero attached hydrogens (tertiary/aromatic N) is 1. The Hall–Kier alpha value is -2.20. The minimum atomic E-state index is -0.148. The molecule has 2 aliphatic rings. The van der Waals surface area contributed by atoms with Crippen LogP contribution in [0.15, 0.2) is 30.3 Å². The minimum absolute atomic E-state index is 0.130. The molecule has 0 atom stereocenters. The van der Waals surface area contributed by atoms with E-state index >= 15 is 0 Å². The number of carbonyl (C=O) groups excluding carboxylic acids is 1. The average molecular weight is 279 g/mol. The monoisotopic (exact) mass is 279 g/mol. The fraction of sp³-hybridized carbons (Fsp3) is 0.294. The molecule has 2 aromatic rings. The number of ketones is 1. The third-order valence-corrected chi connectivity index (χ3v) is 4.44. The molecule has 0 unspecified atom stereocenters. The van der Waals surface area contributed by atoms with Gasteiger partial charge in [0.25, 0.3) is 0 Å². The van der Waals surface area contributed by atoms with Crippen molar-refractivity contribution >= 4 is 28.0 Å². The summed E-state index contributed by atoms with van der Waals surface area (Å²) in [6.07, 6.45) is 1.12. The lowest BCUT2D eigenvalue weighted by Crippen LogP contribution is -2.28. The first-order valence-corrected chi connectivity index (χ1v) is 7.42. The molecule has 1 saturated heterocycles. The Morgan fingerprint density at radius 3 is 2.86 bits per heavy atom. The molecule has 1 aliphatic heterocycles. The highest BCUT2D eigenvalue weighted by molar-refractivity contribution is 6.58. The van der Waals surface area contributed by atoms with E-state index in [1.54, 1.807) is 0 Å². The molecule has 21 heavy (non-hydrogen) atoms. The maximum atomic E-state index is 12.2. The molecule has 1 fully saturated rings. The average Bonchev–Trinajstić information content (AvgIpc) is 2.73. The molecule has 4 nitrogen and oxygen atoms in total. The molecule has 4 heteroatoms. The van der Waals surface area contributed by atoms with Gasteiger partial charge in [-0.3, -0.25) is 10.2 Å². The molecule has 0 radical (unpaired) electrons. The molecule has 1 aliphatic carbocycles. The molecule has 4 rings (SSSR count). The lowest BCUT2D eigenvalue weighted by atomic mass is 10.0. The van der Waals surface area contributed by atoms with Crippen LogP contribution in [0.1, 0.15) is 22.3 Å². The fourth-order valence-electron chi connectivity index (χ4n) is 3.41. The summed E-state index contributed by atoms with van der Waals surface area (Å²) in [6.45, 7) is 4.04. The van der Waals surface area contributed by atoms with Crippen LogP contribution in [0.3, 0.4) is 0 Å². The Morgan fingerprint density at radius 2 is 1.95 bits per heavy atom. The van der Waals surface area contributed by atoms with Crippen molar-refractivity contribution in [1.29, 1.82) is 5.41 Å². The fourth-order valence-corrected chi connectivity index (χ4v) is 3.41. The van der Waals surface area contributed by atoms with Crippen molar-refractivity contribution in [2.24, 2.45) is 0 Å². The van der Waals surface area contributed by atoms with Crippen LogP contribution < -0.4 is 10.2 Å². The Kier molecular flexibility index (Phi) is 2.79. The van der Waals surface area contributed by atoms with Crippen LogP contribution in [0.4, 0.5) is 5.69 Å². The van der Waals surface area contributed by atoms with Crippen LogP contribution >= 0.6 is 0 Å². The first-order valence-electron chi connectivity index (χ1n) is 7.42. The van der Waals surface area contributed by atoms with Gasteiger partial charge in [0, 0.05) is 47.2 Å². The van der Waals surface area contributed by atoms with Crippen LogP contribution in [0.5, 0.6) is 0 Å². The maximum Gasteiger partial charge on any atom is 0.211 e. The normalized spacial score (nSPS) is 18.4. The lowest BCUT2D eigenvalue weighted by Gasteiger charge is -2.24. The van der Waals surface area contributed by atoms with Gasteiger partial charge in [0.05, 0.1) is 0 Å². The topological polar surface area (TPSA) is 56.2 Å². The Balaban J connectivity index is 1.93. The summed E-state index contributed by atoms with van der Waals surface area (Å²) in [5.74, 6) is -0.148. The molecule has 0 bridgehead atoms. The highest BCUT2D eigenvalue weighted by Gasteiger charge is 2.28. The van der Waals surface area contributed by atoms with Gasteiger partial charge in [-0.1, -0.05) is 18.2 Å². The van der Waals surface area contributed by atoms with E-state index in [1.807, 2.05) is 24.3 Å². The van der Waals surface area contributed by atoms with E-state index < -0.39 is 0 Å². The van der Waals surface area contributed by atoms with Gasteiger partial charge < -0.3 is 10.2 Å². The summed E-state index contributed by atoms with van der Waals surface area (Å²) in [7, 11) is 0. The maximum absolute atomic E-state index is 12.2. The van der Waals surface area contributed by atoms with Crippen molar-refractivity contribution in [3.8, 4) is 0 Å². The zero-order chi connectivity index (χ0) is 14.4. The number of hydrogen-bond acceptors (Lipinski definition) is 4. The second-order valence-corrected chi connectivity index (χ2v) is 5.66. The number of hydrogen-bond donors (Lipinski definition) is 2. The van der Waals surface area contributed by atoms with E-state index in [9.17, 15) is 4.79 Å². The van der Waals surface area contributed by atoms with Crippen molar-refractivity contribution in [3.63, 3.8) is 0 Å². The third kappa shape index (κ3) is 1.79. The zero-order valence-corrected chi connectivity index (χ0v) is 11.8. The third-order valence-electron chi connectivity index (χ3n) is 4.44. The number of carbonyl (C=O) groups is 1. The number of anilines is 1. The Labute approximate surface area is 123 Å². The molecule has 0 amide bonds. The van der Waals surface area contributed by atoms with Gasteiger partial charge >= 0.3 is 0 Å². The molecule has 2 aromatic carbocycles. The number of benzene rings is 2. The van der Waals surface area contributed by atoms with Gasteiger partial charge in [0.2, 0.25) is 5.78 Å². The number of nitrogens with one attached hydrogen (secondary N) is 2. The van der Waals surface area contributed by atoms with Gasteiger partial charge in [-0.05, 0) is 25.1 Å². The largest absolute Gasteiger partial charge is 0.370 e. The Morgan fingerprint density at radius 1 is 1.05 bits per heavy atom. The van der Waals surface area contributed by atoms with Crippen molar-refractivity contribution in [1.82, 2.24) is 5.32 Å². The summed E-state index contributed by atoms with van der Waals surface area (Å²) in [5, 5.41) is 13.5. The van der Waals surface area contributed by atoms with Gasteiger partial charge in [0.1, 0.15) is 5.71 Å². The van der Waals surface area contributed by atoms with Crippen LogP contribution in [0, 0.1) is 5.41 Å². The summed E-state index contributed by atoms with van der Waals surface area (Å²) in [5.41, 5.74) is 2.77. The van der Waals surface area contributed by atoms with E-state index in [1.165, 1.54) is 5.69 Å². The van der Waals surface area contributed by atoms with E-state index in [2.05, 4.69) is 16.3 Å². The van der Waals surface area contributed by atoms with Gasteiger partial charge in [-0.15, -0.1) is 0 Å². The molecule has 106 valence electrons. The quantitative estimate of drug-likeness (QED) is 0.841. The summed E-state index contributed by atoms with van der Waals surface area (Å²) in [4.78, 5) is 14.6. The summed E-state index contributed by atoms with van der Waals surface area (Å²) >= 11 is 0. The summed E-state index contributed by atoms with van der Waals surface area (Å²) in [6, 6.07) is 9.84. The summed E-state index contributed by atoms with van der Waals surface area (Å²) < 4.78 is 0. The molecule has 2 N–H and O–H groups in total. The second-order valence-electron chi connectivity index (χ2n) is 5.66. The van der Waals surface area contributed by atoms with E-state index in [0.717, 1.165) is 48.9 Å². The minimum Gasteiger partial charge on any atom is -0.370 e. The Bertz CT molecular complexity index is 738. The van der Waals surface area contributed by atoms with Crippen LogP contribution in [-0.4, -0.2) is 37.7 Å². The first-order chi connectivity index (χ1) is 10.3. The SMILES string of the molecule is N=C1C(=O)c2ccc(N3CCCNCC3)c3cccc1c23. The highest BCUT2D eigenvalue weighted by Crippen LogP contribution is 2.36. The van der Waals surface area contributed by atoms with Crippen LogP contribution in [0.25, 0.3) is 10.8 Å². The van der Waals surface area contributed by atoms with E-state index in [0.29, 0.717) is 5.56 Å². The molecule has 0 saturated carbocycles. The predicted octanol–water partition coefficient (Wildman–Crippen LogP) is 2.20.